The molecule has 0 aliphatic rings. The van der Waals surface area contributed by atoms with E-state index in [0.717, 1.165) is 12.0 Å². The van der Waals surface area contributed by atoms with E-state index in [1.807, 2.05) is 13.0 Å². The number of carbonyl (C=O) groups is 2. The summed E-state index contributed by atoms with van der Waals surface area (Å²) in [5.74, 6) is -1.76. The van der Waals surface area contributed by atoms with Gasteiger partial charge in [-0.15, -0.1) is 0 Å². The molecule has 0 fully saturated rings. The minimum Gasteiger partial charge on any atom is -0.481 e. The van der Waals surface area contributed by atoms with Gasteiger partial charge in [-0.1, -0.05) is 40.2 Å². The van der Waals surface area contributed by atoms with E-state index in [0.29, 0.717) is 12.1 Å². The molecule has 1 unspecified atom stereocenters. The topological polar surface area (TPSA) is 79.3 Å². The lowest BCUT2D eigenvalue weighted by atomic mass is 9.88. The molecule has 0 aliphatic heterocycles. The molecule has 1 aromatic rings. The fraction of sp³-hybridized carbons (Fsp3) is 0.562. The number of hydrogen-bond acceptors (Lipinski definition) is 3. The van der Waals surface area contributed by atoms with Crippen molar-refractivity contribution >= 4 is 11.9 Å². The van der Waals surface area contributed by atoms with Crippen molar-refractivity contribution in [2.24, 2.45) is 5.92 Å². The average molecular weight is 292 g/mol. The fourth-order valence-corrected chi connectivity index (χ4v) is 1.94. The Labute approximate surface area is 125 Å². The minimum atomic E-state index is -0.881. The number of aliphatic carboxylic acids is 1. The Bertz CT molecular complexity index is 489. The number of carboxylic acid groups (broad SMARTS) is 1. The predicted octanol–water partition coefficient (Wildman–Crippen LogP) is 2.61. The van der Waals surface area contributed by atoms with Crippen LogP contribution in [0.25, 0.3) is 0 Å². The first-order valence-corrected chi connectivity index (χ1v) is 7.23. The second-order valence-corrected chi connectivity index (χ2v) is 6.22. The van der Waals surface area contributed by atoms with E-state index in [1.165, 1.54) is 0 Å². The van der Waals surface area contributed by atoms with E-state index in [4.69, 9.17) is 5.11 Å². The van der Waals surface area contributed by atoms with Crippen LogP contribution in [-0.2, 0) is 10.2 Å². The minimum absolute atomic E-state index is 0.0163. The molecule has 1 heterocycles. The molecule has 1 rings (SSSR count). The van der Waals surface area contributed by atoms with Gasteiger partial charge >= 0.3 is 5.97 Å². The second kappa shape index (κ2) is 7.20. The standard InChI is InChI=1S/C16H24N2O3/c1-5-6-11(15(20)21)9-18-14(19)13-8-7-12(10-17-13)16(2,3)4/h7-8,10-11H,5-6,9H2,1-4H3,(H,18,19)(H,20,21). The van der Waals surface area contributed by atoms with Crippen LogP contribution in [0.2, 0.25) is 0 Å². The van der Waals surface area contributed by atoms with E-state index < -0.39 is 11.9 Å². The van der Waals surface area contributed by atoms with Gasteiger partial charge in [-0.2, -0.15) is 0 Å². The third-order valence-corrected chi connectivity index (χ3v) is 3.36. The number of hydrogen-bond donors (Lipinski definition) is 2. The van der Waals surface area contributed by atoms with E-state index in [1.54, 1.807) is 12.3 Å². The molecule has 0 aromatic carbocycles. The molecule has 0 bridgehead atoms. The van der Waals surface area contributed by atoms with Crippen molar-refractivity contribution in [2.45, 2.75) is 46.0 Å². The smallest absolute Gasteiger partial charge is 0.308 e. The summed E-state index contributed by atoms with van der Waals surface area (Å²) in [6.07, 6.45) is 3.01. The third-order valence-electron chi connectivity index (χ3n) is 3.36. The molecule has 21 heavy (non-hydrogen) atoms. The van der Waals surface area contributed by atoms with Gasteiger partial charge in [0.1, 0.15) is 5.69 Å². The predicted molar refractivity (Wildman–Crippen MR) is 81.3 cm³/mol. The molecule has 0 saturated carbocycles. The van der Waals surface area contributed by atoms with Crippen LogP contribution in [0.15, 0.2) is 18.3 Å². The Kier molecular flexibility index (Phi) is 5.88. The van der Waals surface area contributed by atoms with Crippen molar-refractivity contribution in [3.8, 4) is 0 Å². The van der Waals surface area contributed by atoms with E-state index in [2.05, 4.69) is 31.1 Å². The summed E-state index contributed by atoms with van der Waals surface area (Å²) >= 11 is 0. The van der Waals surface area contributed by atoms with Gasteiger partial charge in [-0.3, -0.25) is 14.6 Å². The van der Waals surface area contributed by atoms with Crippen LogP contribution in [-0.4, -0.2) is 28.5 Å². The maximum absolute atomic E-state index is 12.0. The summed E-state index contributed by atoms with van der Waals surface area (Å²) in [6.45, 7) is 8.28. The molecule has 2 N–H and O–H groups in total. The molecule has 0 radical (unpaired) electrons. The number of nitrogens with zero attached hydrogens (tertiary/aromatic N) is 1. The Hall–Kier alpha value is -1.91. The number of carbonyl (C=O) groups excluding carboxylic acids is 1. The Morgan fingerprint density at radius 2 is 2.00 bits per heavy atom. The SMILES string of the molecule is CCCC(CNC(=O)c1ccc(C(C)(C)C)cn1)C(=O)O. The lowest BCUT2D eigenvalue weighted by Gasteiger charge is -2.18. The van der Waals surface area contributed by atoms with E-state index in [-0.39, 0.29) is 17.9 Å². The summed E-state index contributed by atoms with van der Waals surface area (Å²) in [7, 11) is 0. The highest BCUT2D eigenvalue weighted by Crippen LogP contribution is 2.20. The highest BCUT2D eigenvalue weighted by Gasteiger charge is 2.19. The van der Waals surface area contributed by atoms with Crippen molar-refractivity contribution in [3.05, 3.63) is 29.6 Å². The molecule has 0 aliphatic carbocycles. The lowest BCUT2D eigenvalue weighted by molar-refractivity contribution is -0.141. The van der Waals surface area contributed by atoms with Crippen molar-refractivity contribution in [1.82, 2.24) is 10.3 Å². The number of rotatable bonds is 6. The molecule has 0 saturated heterocycles. The quantitative estimate of drug-likeness (QED) is 0.844. The van der Waals surface area contributed by atoms with Gasteiger partial charge in [0.2, 0.25) is 0 Å². The fourth-order valence-electron chi connectivity index (χ4n) is 1.94. The summed E-state index contributed by atoms with van der Waals surface area (Å²) in [6, 6.07) is 3.55. The van der Waals surface area contributed by atoms with Crippen molar-refractivity contribution in [2.75, 3.05) is 6.54 Å². The maximum Gasteiger partial charge on any atom is 0.308 e. The highest BCUT2D eigenvalue weighted by molar-refractivity contribution is 5.92. The van der Waals surface area contributed by atoms with Gasteiger partial charge in [0.25, 0.3) is 5.91 Å². The molecule has 5 nitrogen and oxygen atoms in total. The van der Waals surface area contributed by atoms with Gasteiger partial charge in [0.05, 0.1) is 5.92 Å². The summed E-state index contributed by atoms with van der Waals surface area (Å²) in [4.78, 5) is 27.2. The zero-order valence-electron chi connectivity index (χ0n) is 13.1. The van der Waals surface area contributed by atoms with Crippen LogP contribution < -0.4 is 5.32 Å². The van der Waals surface area contributed by atoms with Crippen molar-refractivity contribution < 1.29 is 14.7 Å². The molecule has 0 spiro atoms. The van der Waals surface area contributed by atoms with Gasteiger partial charge < -0.3 is 10.4 Å². The maximum atomic E-state index is 12.0. The summed E-state index contributed by atoms with van der Waals surface area (Å²) in [5.41, 5.74) is 1.34. The van der Waals surface area contributed by atoms with Crippen LogP contribution in [0.3, 0.4) is 0 Å². The Morgan fingerprint density at radius 3 is 2.43 bits per heavy atom. The first-order valence-electron chi connectivity index (χ1n) is 7.23. The number of carboxylic acids is 1. The Morgan fingerprint density at radius 1 is 1.33 bits per heavy atom. The molecule has 1 aromatic heterocycles. The molecular formula is C16H24N2O3. The second-order valence-electron chi connectivity index (χ2n) is 6.22. The monoisotopic (exact) mass is 292 g/mol. The zero-order valence-corrected chi connectivity index (χ0v) is 13.1. The summed E-state index contributed by atoms with van der Waals surface area (Å²) in [5, 5.41) is 11.7. The van der Waals surface area contributed by atoms with Crippen LogP contribution in [0.4, 0.5) is 0 Å². The first-order chi connectivity index (χ1) is 9.75. The van der Waals surface area contributed by atoms with Crippen LogP contribution >= 0.6 is 0 Å². The van der Waals surface area contributed by atoms with Crippen molar-refractivity contribution in [3.63, 3.8) is 0 Å². The largest absolute Gasteiger partial charge is 0.481 e. The van der Waals surface area contributed by atoms with Crippen LogP contribution in [0.1, 0.15) is 56.6 Å². The van der Waals surface area contributed by atoms with Gasteiger partial charge in [-0.05, 0) is 23.5 Å². The normalized spacial score (nSPS) is 12.8. The molecular weight excluding hydrogens is 268 g/mol. The lowest BCUT2D eigenvalue weighted by Crippen LogP contribution is -2.33. The number of amides is 1. The molecule has 5 heteroatoms. The third kappa shape index (κ3) is 5.17. The average Bonchev–Trinajstić information content (AvgIpc) is 2.42. The molecule has 1 atom stereocenters. The number of aromatic nitrogens is 1. The van der Waals surface area contributed by atoms with E-state index >= 15 is 0 Å². The van der Waals surface area contributed by atoms with Gasteiger partial charge in [0, 0.05) is 12.7 Å². The Balaban J connectivity index is 2.65. The first kappa shape index (κ1) is 17.1. The van der Waals surface area contributed by atoms with Gasteiger partial charge in [0.15, 0.2) is 0 Å². The van der Waals surface area contributed by atoms with Crippen molar-refractivity contribution in [1.29, 1.82) is 0 Å². The van der Waals surface area contributed by atoms with Crippen LogP contribution in [0.5, 0.6) is 0 Å². The number of nitrogens with one attached hydrogen (secondary N) is 1. The number of pyridine rings is 1. The zero-order chi connectivity index (χ0) is 16.0. The van der Waals surface area contributed by atoms with E-state index in [9.17, 15) is 9.59 Å². The van der Waals surface area contributed by atoms with Gasteiger partial charge in [-0.25, -0.2) is 0 Å². The molecule has 1 amide bonds. The summed E-state index contributed by atoms with van der Waals surface area (Å²) < 4.78 is 0. The highest BCUT2D eigenvalue weighted by atomic mass is 16.4. The molecule has 116 valence electrons. The van der Waals surface area contributed by atoms with Crippen LogP contribution in [0, 0.1) is 5.92 Å².